The topological polar surface area (TPSA) is 131 Å². The minimum atomic E-state index is -2.15. The Bertz CT molecular complexity index is 560. The first-order valence-corrected chi connectivity index (χ1v) is 4.39. The van der Waals surface area contributed by atoms with Gasteiger partial charge in [-0.3, -0.25) is 0 Å². The van der Waals surface area contributed by atoms with E-state index in [1.165, 1.54) is 19.4 Å². The molecule has 1 unspecified atom stereocenters. The van der Waals surface area contributed by atoms with E-state index in [2.05, 4.69) is 5.32 Å². The molecule has 0 amide bonds. The van der Waals surface area contributed by atoms with Crippen LogP contribution < -0.4 is 56.7 Å². The van der Waals surface area contributed by atoms with Crippen molar-refractivity contribution in [2.24, 2.45) is 0 Å². The molecule has 8 heteroatoms. The predicted molar refractivity (Wildman–Crippen MR) is 52.0 cm³/mol. The predicted octanol–water partition coefficient (Wildman–Crippen LogP) is -3.44. The third kappa shape index (κ3) is 1.72. The van der Waals surface area contributed by atoms with Crippen LogP contribution >= 0.6 is 0 Å². The van der Waals surface area contributed by atoms with Gasteiger partial charge in [-0.15, -0.1) is 5.26 Å². The van der Waals surface area contributed by atoms with Gasteiger partial charge < -0.3 is 5.32 Å². The minimum Gasteiger partial charge on any atom is -0.350 e. The number of hydrogen-bond donors (Lipinski definition) is 1. The summed E-state index contributed by atoms with van der Waals surface area (Å²) in [6.07, 6.45) is 4.23. The molecule has 1 rings (SSSR count). The second-order valence-electron chi connectivity index (χ2n) is 3.54. The molecule has 7 nitrogen and oxygen atoms in total. The van der Waals surface area contributed by atoms with E-state index in [-0.39, 0.29) is 51.4 Å². The SMILES string of the molecule is C[N+]1(C#N)C=CNC(C#N)(C#N)C1(C#N)C#N.[K+]. The van der Waals surface area contributed by atoms with Crippen molar-refractivity contribution in [1.29, 1.82) is 26.3 Å². The van der Waals surface area contributed by atoms with Gasteiger partial charge in [0.05, 0.1) is 13.2 Å². The van der Waals surface area contributed by atoms with Crippen molar-refractivity contribution in [2.75, 3.05) is 7.05 Å². The Labute approximate surface area is 147 Å². The first-order chi connectivity index (χ1) is 8.01. The van der Waals surface area contributed by atoms with Crippen molar-refractivity contribution >= 4 is 0 Å². The fourth-order valence-electron chi connectivity index (χ4n) is 1.64. The Morgan fingerprint density at radius 2 is 1.50 bits per heavy atom. The average molecular weight is 263 g/mol. The smallest absolute Gasteiger partial charge is 0.350 e. The maximum Gasteiger partial charge on any atom is 1.00 e. The van der Waals surface area contributed by atoms with Gasteiger partial charge in [-0.1, -0.05) is 0 Å². The van der Waals surface area contributed by atoms with Crippen molar-refractivity contribution in [3.8, 4) is 30.5 Å². The summed E-state index contributed by atoms with van der Waals surface area (Å²) in [7, 11) is 1.28. The molecule has 0 radical (unpaired) electrons. The monoisotopic (exact) mass is 263 g/mol. The molecule has 0 fully saturated rings. The summed E-state index contributed by atoms with van der Waals surface area (Å²) in [4.78, 5) is 0. The molecule has 1 heterocycles. The molecule has 0 bridgehead atoms. The van der Waals surface area contributed by atoms with Gasteiger partial charge in [-0.05, 0) is 0 Å². The fourth-order valence-corrected chi connectivity index (χ4v) is 1.64. The number of nitriles is 5. The Balaban J connectivity index is 0.00000289. The van der Waals surface area contributed by atoms with Crippen LogP contribution in [0.3, 0.4) is 0 Å². The van der Waals surface area contributed by atoms with Gasteiger partial charge in [0.1, 0.15) is 18.3 Å². The van der Waals surface area contributed by atoms with Crippen LogP contribution in [-0.2, 0) is 0 Å². The van der Waals surface area contributed by atoms with E-state index in [0.29, 0.717) is 0 Å². The molecule has 1 atom stereocenters. The Hall–Kier alpha value is -1.41. The summed E-state index contributed by atoms with van der Waals surface area (Å²) in [5, 5.41) is 48.0. The largest absolute Gasteiger partial charge is 1.00 e. The molecule has 0 aromatic rings. The van der Waals surface area contributed by atoms with Gasteiger partial charge in [0.15, 0.2) is 12.1 Å². The van der Waals surface area contributed by atoms with E-state index in [4.69, 9.17) is 15.8 Å². The van der Waals surface area contributed by atoms with Crippen LogP contribution in [0.2, 0.25) is 0 Å². The number of likely N-dealkylation sites (N-methyl/N-ethyl adjacent to an activating group) is 1. The molecule has 1 aliphatic rings. The van der Waals surface area contributed by atoms with Crippen molar-refractivity contribution in [3.05, 3.63) is 12.4 Å². The molecule has 0 aliphatic carbocycles. The third-order valence-corrected chi connectivity index (χ3v) is 2.78. The summed E-state index contributed by atoms with van der Waals surface area (Å²) < 4.78 is -0.797. The quantitative estimate of drug-likeness (QED) is 0.275. The first kappa shape index (κ1) is 16.6. The molecule has 0 saturated carbocycles. The minimum absolute atomic E-state index is 0. The molecule has 0 aromatic heterocycles. The zero-order chi connectivity index (χ0) is 13.2. The molecule has 1 N–H and O–H groups in total. The summed E-state index contributed by atoms with van der Waals surface area (Å²) in [6.45, 7) is 0. The number of rotatable bonds is 0. The average Bonchev–Trinajstić information content (AvgIpc) is 2.38. The van der Waals surface area contributed by atoms with Crippen LogP contribution in [0.4, 0.5) is 0 Å². The Morgan fingerprint density at radius 1 is 1.00 bits per heavy atom. The zero-order valence-electron chi connectivity index (χ0n) is 9.84. The fraction of sp³-hybridized carbons (Fsp3) is 0.300. The van der Waals surface area contributed by atoms with Crippen LogP contribution in [0.15, 0.2) is 12.4 Å². The van der Waals surface area contributed by atoms with Crippen LogP contribution in [0.1, 0.15) is 0 Å². The van der Waals surface area contributed by atoms with E-state index < -0.39 is 15.6 Å². The summed E-state index contributed by atoms with van der Waals surface area (Å²) >= 11 is 0. The van der Waals surface area contributed by atoms with Gasteiger partial charge in [0.2, 0.25) is 0 Å². The van der Waals surface area contributed by atoms with E-state index in [1.54, 1.807) is 30.5 Å². The molecular formula is C10H6KN7+2. The van der Waals surface area contributed by atoms with E-state index in [9.17, 15) is 10.5 Å². The van der Waals surface area contributed by atoms with Crippen LogP contribution in [-0.4, -0.2) is 22.6 Å². The van der Waals surface area contributed by atoms with Gasteiger partial charge in [0.25, 0.3) is 5.54 Å². The van der Waals surface area contributed by atoms with E-state index in [1.807, 2.05) is 0 Å². The molecule has 0 aromatic carbocycles. The molecular weight excluding hydrogens is 257 g/mol. The normalized spacial score (nSPS) is 25.6. The van der Waals surface area contributed by atoms with Crippen LogP contribution in [0.5, 0.6) is 0 Å². The van der Waals surface area contributed by atoms with E-state index in [0.717, 1.165) is 0 Å². The molecule has 80 valence electrons. The van der Waals surface area contributed by atoms with Gasteiger partial charge in [-0.25, -0.2) is 0 Å². The third-order valence-electron chi connectivity index (χ3n) is 2.78. The Morgan fingerprint density at radius 3 is 1.83 bits per heavy atom. The van der Waals surface area contributed by atoms with Gasteiger partial charge in [-0.2, -0.15) is 25.5 Å². The first-order valence-electron chi connectivity index (χ1n) is 4.39. The van der Waals surface area contributed by atoms with Crippen molar-refractivity contribution in [1.82, 2.24) is 5.32 Å². The molecule has 18 heavy (non-hydrogen) atoms. The summed E-state index contributed by atoms with van der Waals surface area (Å²) in [5.74, 6) is 0. The maximum absolute atomic E-state index is 9.19. The second-order valence-corrected chi connectivity index (χ2v) is 3.54. The van der Waals surface area contributed by atoms with E-state index >= 15 is 0 Å². The molecule has 1 aliphatic heterocycles. The summed E-state index contributed by atoms with van der Waals surface area (Å²) in [5.41, 5.74) is -4.24. The van der Waals surface area contributed by atoms with Gasteiger partial charge in [0, 0.05) is 0 Å². The molecule has 0 spiro atoms. The van der Waals surface area contributed by atoms with Crippen LogP contribution in [0.25, 0.3) is 0 Å². The number of nitrogens with one attached hydrogen (secondary N) is 1. The Kier molecular flexibility index (Phi) is 5.06. The molecule has 0 saturated heterocycles. The van der Waals surface area contributed by atoms with Crippen LogP contribution in [0, 0.1) is 56.8 Å². The standard InChI is InChI=1S/C10H6N7.K/c1-17(8-15)3-2-16-9(4-11,5-12)10(17,6-13)7-14;/h2-3,16H,1H3;/q2*+1. The zero-order valence-corrected chi connectivity index (χ0v) is 13.0. The number of hydrogen-bond acceptors (Lipinski definition) is 6. The summed E-state index contributed by atoms with van der Waals surface area (Å²) in [6, 6.07) is 6.49. The maximum atomic E-state index is 9.19. The van der Waals surface area contributed by atoms with Crippen molar-refractivity contribution in [3.63, 3.8) is 0 Å². The van der Waals surface area contributed by atoms with Crippen molar-refractivity contribution in [2.45, 2.75) is 11.1 Å². The second kappa shape index (κ2) is 5.49. The van der Waals surface area contributed by atoms with Crippen molar-refractivity contribution < 1.29 is 55.9 Å². The number of nitrogens with zero attached hydrogens (tertiary/aromatic N) is 6. The van der Waals surface area contributed by atoms with Gasteiger partial charge >= 0.3 is 63.1 Å². The number of quaternary nitrogens is 1.